The lowest BCUT2D eigenvalue weighted by atomic mass is 9.90. The zero-order chi connectivity index (χ0) is 13.2. The number of rotatable bonds is 4. The Morgan fingerprint density at radius 1 is 1.24 bits per heavy atom. The largest absolute Gasteiger partial charge is 0.394 e. The van der Waals surface area contributed by atoms with Crippen LogP contribution in [0.2, 0.25) is 0 Å². The Morgan fingerprint density at radius 3 is 2.29 bits per heavy atom. The van der Waals surface area contributed by atoms with Crippen LogP contribution in [0.25, 0.3) is 0 Å². The molecule has 1 unspecified atom stereocenters. The Labute approximate surface area is 98.3 Å². The molecule has 1 saturated heterocycles. The van der Waals surface area contributed by atoms with Gasteiger partial charge in [0, 0.05) is 6.42 Å². The lowest BCUT2D eigenvalue weighted by Gasteiger charge is -2.41. The number of ether oxygens (including phenoxy) is 1. The first-order valence-corrected chi connectivity index (χ1v) is 5.36. The number of Topliss-reactive ketones (excluding diaryl/α,β-unsaturated/α-hetero) is 1. The van der Waals surface area contributed by atoms with E-state index in [1.54, 1.807) is 0 Å². The minimum Gasteiger partial charge on any atom is -0.394 e. The highest BCUT2D eigenvalue weighted by molar-refractivity contribution is 5.76. The molecule has 0 bridgehead atoms. The van der Waals surface area contributed by atoms with Gasteiger partial charge in [0.2, 0.25) is 0 Å². The summed E-state index contributed by atoms with van der Waals surface area (Å²) in [4.78, 5) is 10.9. The number of aliphatic hydroxyl groups is 5. The molecule has 0 amide bonds. The highest BCUT2D eigenvalue weighted by Gasteiger charge is 2.46. The van der Waals surface area contributed by atoms with Gasteiger partial charge in [0.25, 0.3) is 0 Å². The fourth-order valence-corrected chi connectivity index (χ4v) is 1.85. The molecule has 0 saturated carbocycles. The molecule has 0 aliphatic carbocycles. The van der Waals surface area contributed by atoms with Crippen LogP contribution in [0.3, 0.4) is 0 Å². The van der Waals surface area contributed by atoms with Gasteiger partial charge >= 0.3 is 0 Å². The molecule has 0 aromatic carbocycles. The second-order valence-electron chi connectivity index (χ2n) is 4.27. The first-order valence-electron chi connectivity index (χ1n) is 5.36. The van der Waals surface area contributed by atoms with Crippen molar-refractivity contribution >= 4 is 5.78 Å². The first kappa shape index (κ1) is 14.5. The fourth-order valence-electron chi connectivity index (χ4n) is 1.85. The highest BCUT2D eigenvalue weighted by Crippen LogP contribution is 2.25. The van der Waals surface area contributed by atoms with E-state index in [9.17, 15) is 25.2 Å². The minimum absolute atomic E-state index is 0.139. The van der Waals surface area contributed by atoms with Crippen molar-refractivity contribution in [2.24, 2.45) is 0 Å². The summed E-state index contributed by atoms with van der Waals surface area (Å²) in [5.74, 6) is -0.255. The average Bonchev–Trinajstić information content (AvgIpc) is 2.28. The Morgan fingerprint density at radius 2 is 1.82 bits per heavy atom. The normalized spacial score (nSPS) is 40.0. The van der Waals surface area contributed by atoms with Crippen LogP contribution in [-0.2, 0) is 9.53 Å². The van der Waals surface area contributed by atoms with Crippen LogP contribution in [-0.4, -0.2) is 74.5 Å². The van der Waals surface area contributed by atoms with E-state index in [0.29, 0.717) is 0 Å². The maximum absolute atomic E-state index is 10.9. The highest BCUT2D eigenvalue weighted by atomic mass is 16.5. The standard InChI is InChI=1S/C10H18O7/c1-4(12)2-6-7(14)8(15)9(16)10(17-6)5(13)3-11/h5-11,13-16H,2-3H2,1H3/t5-,6?,7+,8+,9-,10+/m0/s1. The van der Waals surface area contributed by atoms with Crippen LogP contribution in [0, 0.1) is 0 Å². The molecule has 0 aromatic heterocycles. The molecule has 1 rings (SSSR count). The Bertz CT molecular complexity index is 269. The summed E-state index contributed by atoms with van der Waals surface area (Å²) >= 11 is 0. The quantitative estimate of drug-likeness (QED) is 0.364. The van der Waals surface area contributed by atoms with E-state index >= 15 is 0 Å². The zero-order valence-corrected chi connectivity index (χ0v) is 9.43. The van der Waals surface area contributed by atoms with Crippen LogP contribution < -0.4 is 0 Å². The molecule has 0 radical (unpaired) electrons. The van der Waals surface area contributed by atoms with Gasteiger partial charge in [0.05, 0.1) is 12.7 Å². The predicted molar refractivity (Wildman–Crippen MR) is 55.1 cm³/mol. The lowest BCUT2D eigenvalue weighted by Crippen LogP contribution is -2.61. The van der Waals surface area contributed by atoms with E-state index in [4.69, 9.17) is 9.84 Å². The second kappa shape index (κ2) is 5.85. The van der Waals surface area contributed by atoms with Gasteiger partial charge in [-0.2, -0.15) is 0 Å². The van der Waals surface area contributed by atoms with Crippen LogP contribution >= 0.6 is 0 Å². The van der Waals surface area contributed by atoms with Crippen molar-refractivity contribution in [3.8, 4) is 0 Å². The molecule has 6 atom stereocenters. The van der Waals surface area contributed by atoms with Crippen molar-refractivity contribution in [1.82, 2.24) is 0 Å². The smallest absolute Gasteiger partial charge is 0.132 e. The summed E-state index contributed by atoms with van der Waals surface area (Å²) in [7, 11) is 0. The van der Waals surface area contributed by atoms with Gasteiger partial charge in [-0.3, -0.25) is 4.79 Å². The molecule has 1 heterocycles. The molecule has 1 aliphatic heterocycles. The Balaban J connectivity index is 2.78. The molecule has 5 N–H and O–H groups in total. The van der Waals surface area contributed by atoms with Crippen LogP contribution in [0.5, 0.6) is 0 Å². The molecule has 1 aliphatic rings. The average molecular weight is 250 g/mol. The third-order valence-electron chi connectivity index (χ3n) is 2.80. The number of carbonyl (C=O) groups excluding carboxylic acids is 1. The van der Waals surface area contributed by atoms with E-state index in [0.717, 1.165) is 0 Å². The summed E-state index contributed by atoms with van der Waals surface area (Å²) in [6.45, 7) is 0.641. The van der Waals surface area contributed by atoms with E-state index in [1.807, 2.05) is 0 Å². The van der Waals surface area contributed by atoms with Crippen molar-refractivity contribution in [2.75, 3.05) is 6.61 Å². The minimum atomic E-state index is -1.53. The van der Waals surface area contributed by atoms with Crippen LogP contribution in [0.1, 0.15) is 13.3 Å². The zero-order valence-electron chi connectivity index (χ0n) is 9.43. The summed E-state index contributed by atoms with van der Waals surface area (Å²) in [6, 6.07) is 0. The molecular formula is C10H18O7. The number of aliphatic hydroxyl groups excluding tert-OH is 5. The van der Waals surface area contributed by atoms with E-state index in [2.05, 4.69) is 0 Å². The molecule has 0 aromatic rings. The molecule has 7 heteroatoms. The van der Waals surface area contributed by atoms with E-state index in [-0.39, 0.29) is 12.2 Å². The fraction of sp³-hybridized carbons (Fsp3) is 0.900. The van der Waals surface area contributed by atoms with Gasteiger partial charge in [0.1, 0.15) is 36.3 Å². The topological polar surface area (TPSA) is 127 Å². The van der Waals surface area contributed by atoms with Crippen LogP contribution in [0.15, 0.2) is 0 Å². The molecule has 100 valence electrons. The Hall–Kier alpha value is -0.570. The second-order valence-corrected chi connectivity index (χ2v) is 4.27. The summed E-state index contributed by atoms with van der Waals surface area (Å²) in [6.07, 6.45) is -8.22. The van der Waals surface area contributed by atoms with Crippen molar-refractivity contribution in [3.05, 3.63) is 0 Å². The third kappa shape index (κ3) is 3.21. The lowest BCUT2D eigenvalue weighted by molar-refractivity contribution is -0.245. The monoisotopic (exact) mass is 250 g/mol. The summed E-state index contributed by atoms with van der Waals surface area (Å²) < 4.78 is 5.15. The molecule has 7 nitrogen and oxygen atoms in total. The van der Waals surface area contributed by atoms with Crippen molar-refractivity contribution in [1.29, 1.82) is 0 Å². The summed E-state index contributed by atoms with van der Waals surface area (Å²) in [5.41, 5.74) is 0. The maximum atomic E-state index is 10.9. The Kier molecular flexibility index (Phi) is 4.99. The number of ketones is 1. The van der Waals surface area contributed by atoms with E-state index < -0.39 is 43.2 Å². The van der Waals surface area contributed by atoms with Gasteiger partial charge in [-0.05, 0) is 6.92 Å². The molecule has 0 spiro atoms. The third-order valence-corrected chi connectivity index (χ3v) is 2.80. The van der Waals surface area contributed by atoms with Gasteiger partial charge in [-0.15, -0.1) is 0 Å². The van der Waals surface area contributed by atoms with Crippen molar-refractivity contribution in [3.63, 3.8) is 0 Å². The van der Waals surface area contributed by atoms with Gasteiger partial charge in [-0.25, -0.2) is 0 Å². The maximum Gasteiger partial charge on any atom is 0.132 e. The number of hydrogen-bond acceptors (Lipinski definition) is 7. The molecular weight excluding hydrogens is 232 g/mol. The number of carbonyl (C=O) groups is 1. The van der Waals surface area contributed by atoms with Crippen molar-refractivity contribution in [2.45, 2.75) is 50.0 Å². The van der Waals surface area contributed by atoms with Gasteiger partial charge in [-0.1, -0.05) is 0 Å². The molecule has 1 fully saturated rings. The van der Waals surface area contributed by atoms with Gasteiger partial charge in [0.15, 0.2) is 0 Å². The van der Waals surface area contributed by atoms with Gasteiger partial charge < -0.3 is 30.3 Å². The SMILES string of the molecule is CC(=O)CC1O[C@H]([C@@H](O)CO)[C@@H](O)[C@H](O)[C@@H]1O. The van der Waals surface area contributed by atoms with E-state index in [1.165, 1.54) is 6.92 Å². The van der Waals surface area contributed by atoms with Crippen LogP contribution in [0.4, 0.5) is 0 Å². The predicted octanol–water partition coefficient (Wildman–Crippen LogP) is -2.83. The summed E-state index contributed by atoms with van der Waals surface area (Å²) in [5, 5.41) is 46.9. The van der Waals surface area contributed by atoms with Crippen molar-refractivity contribution < 1.29 is 35.1 Å². The number of hydrogen-bond donors (Lipinski definition) is 5. The first-order chi connectivity index (χ1) is 7.88. The molecule has 17 heavy (non-hydrogen) atoms.